The molecule has 0 aromatic carbocycles. The van der Waals surface area contributed by atoms with Gasteiger partial charge in [0.1, 0.15) is 0 Å². The van der Waals surface area contributed by atoms with Crippen LogP contribution in [0.3, 0.4) is 0 Å². The number of hydrogen-bond acceptors (Lipinski definition) is 5. The number of carboxylic acid groups (broad SMARTS) is 1. The van der Waals surface area contributed by atoms with Crippen LogP contribution in [-0.4, -0.2) is 56.7 Å². The highest BCUT2D eigenvalue weighted by molar-refractivity contribution is 5.83. The smallest absolute Gasteiger partial charge is 0.328 e. The molecule has 0 heterocycles. The zero-order chi connectivity index (χ0) is 22.1. The lowest BCUT2D eigenvalue weighted by molar-refractivity contribution is -0.144. The van der Waals surface area contributed by atoms with Crippen LogP contribution in [0.5, 0.6) is 0 Å². The summed E-state index contributed by atoms with van der Waals surface area (Å²) < 4.78 is 0. The summed E-state index contributed by atoms with van der Waals surface area (Å²) in [6, 6.07) is -1.27. The fourth-order valence-corrected chi connectivity index (χ4v) is 3.32. The van der Waals surface area contributed by atoms with Gasteiger partial charge in [-0.25, -0.2) is 4.79 Å². The number of aliphatic hydroxyl groups is 3. The molecule has 0 radical (unpaired) electrons. The SMILES string of the molecule is CCCCCCCCC(O)C(O)CCCCCCCC(=O)NC(C(=O)O)C(C)O. The molecule has 7 nitrogen and oxygen atoms in total. The molecule has 0 aromatic heterocycles. The number of aliphatic hydroxyl groups excluding tert-OH is 3. The number of carbonyl (C=O) groups is 2. The van der Waals surface area contributed by atoms with Gasteiger partial charge in [-0.3, -0.25) is 4.79 Å². The number of amides is 1. The molecule has 0 spiro atoms. The van der Waals surface area contributed by atoms with Crippen molar-refractivity contribution in [3.63, 3.8) is 0 Å². The van der Waals surface area contributed by atoms with Crippen molar-refractivity contribution >= 4 is 11.9 Å². The van der Waals surface area contributed by atoms with Crippen molar-refractivity contribution in [3.05, 3.63) is 0 Å². The molecule has 4 atom stereocenters. The Labute approximate surface area is 175 Å². The molecule has 0 aliphatic carbocycles. The summed E-state index contributed by atoms with van der Waals surface area (Å²) in [6.45, 7) is 3.52. The minimum Gasteiger partial charge on any atom is -0.480 e. The maximum absolute atomic E-state index is 11.7. The monoisotopic (exact) mass is 417 g/mol. The van der Waals surface area contributed by atoms with E-state index >= 15 is 0 Å². The second-order valence-electron chi connectivity index (χ2n) is 8.12. The molecule has 1 amide bonds. The third kappa shape index (κ3) is 15.3. The highest BCUT2D eigenvalue weighted by atomic mass is 16.4. The van der Waals surface area contributed by atoms with Gasteiger partial charge in [0.15, 0.2) is 6.04 Å². The van der Waals surface area contributed by atoms with E-state index < -0.39 is 30.3 Å². The Balaban J connectivity index is 3.65. The highest BCUT2D eigenvalue weighted by Gasteiger charge is 2.24. The predicted octanol–water partition coefficient (Wildman–Crippen LogP) is 3.14. The first-order valence-electron chi connectivity index (χ1n) is 11.4. The van der Waals surface area contributed by atoms with Gasteiger partial charge in [-0.2, -0.15) is 0 Å². The van der Waals surface area contributed by atoms with E-state index in [0.717, 1.165) is 38.5 Å². The first-order chi connectivity index (χ1) is 13.8. The molecule has 29 heavy (non-hydrogen) atoms. The number of carboxylic acids is 1. The lowest BCUT2D eigenvalue weighted by atomic mass is 9.99. The highest BCUT2D eigenvalue weighted by Crippen LogP contribution is 2.15. The van der Waals surface area contributed by atoms with Crippen LogP contribution in [0.4, 0.5) is 0 Å². The fourth-order valence-electron chi connectivity index (χ4n) is 3.32. The van der Waals surface area contributed by atoms with E-state index in [2.05, 4.69) is 12.2 Å². The van der Waals surface area contributed by atoms with Crippen molar-refractivity contribution in [1.29, 1.82) is 0 Å². The summed E-state index contributed by atoms with van der Waals surface area (Å²) in [5, 5.41) is 40.6. The van der Waals surface area contributed by atoms with Crippen LogP contribution in [0.2, 0.25) is 0 Å². The van der Waals surface area contributed by atoms with Gasteiger partial charge in [-0.05, 0) is 26.2 Å². The Morgan fingerprint density at radius 1 is 0.759 bits per heavy atom. The number of carbonyl (C=O) groups excluding carboxylic acids is 1. The maximum atomic E-state index is 11.7. The van der Waals surface area contributed by atoms with Crippen LogP contribution < -0.4 is 5.32 Å². The van der Waals surface area contributed by atoms with Crippen molar-refractivity contribution in [2.45, 2.75) is 128 Å². The Hall–Kier alpha value is -1.18. The van der Waals surface area contributed by atoms with Crippen LogP contribution in [-0.2, 0) is 9.59 Å². The summed E-state index contributed by atoms with van der Waals surface area (Å²) in [6.07, 6.45) is 10.2. The summed E-state index contributed by atoms with van der Waals surface area (Å²) in [5.41, 5.74) is 0. The van der Waals surface area contributed by atoms with Crippen molar-refractivity contribution in [2.24, 2.45) is 0 Å². The van der Waals surface area contributed by atoms with E-state index in [4.69, 9.17) is 5.11 Å². The molecule has 5 N–H and O–H groups in total. The summed E-state index contributed by atoms with van der Waals surface area (Å²) in [7, 11) is 0. The van der Waals surface area contributed by atoms with Crippen LogP contribution in [0.15, 0.2) is 0 Å². The Kier molecular flexibility index (Phi) is 16.9. The maximum Gasteiger partial charge on any atom is 0.328 e. The topological polar surface area (TPSA) is 127 Å². The van der Waals surface area contributed by atoms with E-state index in [1.54, 1.807) is 0 Å². The van der Waals surface area contributed by atoms with Crippen LogP contribution in [0.1, 0.15) is 104 Å². The van der Waals surface area contributed by atoms with Crippen molar-refractivity contribution in [1.82, 2.24) is 5.32 Å². The largest absolute Gasteiger partial charge is 0.480 e. The van der Waals surface area contributed by atoms with Gasteiger partial charge in [0.25, 0.3) is 0 Å². The number of rotatable bonds is 19. The molecular weight excluding hydrogens is 374 g/mol. The molecule has 0 aliphatic heterocycles. The molecule has 0 fully saturated rings. The normalized spacial score (nSPS) is 15.5. The molecule has 7 heteroatoms. The Morgan fingerprint density at radius 2 is 1.21 bits per heavy atom. The average Bonchev–Trinajstić information content (AvgIpc) is 2.67. The van der Waals surface area contributed by atoms with E-state index in [1.807, 2.05) is 0 Å². The van der Waals surface area contributed by atoms with Gasteiger partial charge in [0, 0.05) is 6.42 Å². The quantitative estimate of drug-likeness (QED) is 0.205. The summed E-state index contributed by atoms with van der Waals surface area (Å²) in [5.74, 6) is -1.61. The second kappa shape index (κ2) is 17.7. The van der Waals surface area contributed by atoms with E-state index in [-0.39, 0.29) is 12.3 Å². The first kappa shape index (κ1) is 27.8. The van der Waals surface area contributed by atoms with Crippen LogP contribution >= 0.6 is 0 Å². The third-order valence-corrected chi connectivity index (χ3v) is 5.27. The zero-order valence-corrected chi connectivity index (χ0v) is 18.3. The second-order valence-corrected chi connectivity index (χ2v) is 8.12. The van der Waals surface area contributed by atoms with Gasteiger partial charge in [0.2, 0.25) is 5.91 Å². The number of aliphatic carboxylic acids is 1. The van der Waals surface area contributed by atoms with Gasteiger partial charge in [-0.15, -0.1) is 0 Å². The lowest BCUT2D eigenvalue weighted by Crippen LogP contribution is -2.47. The van der Waals surface area contributed by atoms with Crippen molar-refractivity contribution < 1.29 is 30.0 Å². The van der Waals surface area contributed by atoms with Crippen molar-refractivity contribution in [2.75, 3.05) is 0 Å². The van der Waals surface area contributed by atoms with Gasteiger partial charge < -0.3 is 25.7 Å². The molecule has 0 aromatic rings. The van der Waals surface area contributed by atoms with Crippen LogP contribution in [0.25, 0.3) is 0 Å². The molecule has 0 saturated heterocycles. The van der Waals surface area contributed by atoms with E-state index in [9.17, 15) is 24.9 Å². The van der Waals surface area contributed by atoms with Crippen molar-refractivity contribution in [3.8, 4) is 0 Å². The Morgan fingerprint density at radius 3 is 1.66 bits per heavy atom. The third-order valence-electron chi connectivity index (χ3n) is 5.27. The van der Waals surface area contributed by atoms with Gasteiger partial charge >= 0.3 is 5.97 Å². The molecular formula is C22H43NO6. The minimum atomic E-state index is -1.27. The van der Waals surface area contributed by atoms with E-state index in [0.29, 0.717) is 19.3 Å². The van der Waals surface area contributed by atoms with Crippen LogP contribution in [0, 0.1) is 0 Å². The molecule has 4 unspecified atom stereocenters. The average molecular weight is 418 g/mol. The fraction of sp³-hybridized carbons (Fsp3) is 0.909. The van der Waals surface area contributed by atoms with E-state index in [1.165, 1.54) is 32.6 Å². The standard InChI is InChI=1S/C22H43NO6/c1-3-4-5-6-8-11-14-18(25)19(26)15-12-9-7-10-13-16-20(27)23-21(17(2)24)22(28)29/h17-19,21,24-26H,3-16H2,1-2H3,(H,23,27)(H,28,29). The first-order valence-corrected chi connectivity index (χ1v) is 11.4. The predicted molar refractivity (Wildman–Crippen MR) is 114 cm³/mol. The number of nitrogens with one attached hydrogen (secondary N) is 1. The summed E-state index contributed by atoms with van der Waals surface area (Å²) >= 11 is 0. The number of unbranched alkanes of at least 4 members (excludes halogenated alkanes) is 9. The molecule has 0 bridgehead atoms. The molecule has 172 valence electrons. The van der Waals surface area contributed by atoms with Gasteiger partial charge in [-0.1, -0.05) is 71.1 Å². The minimum absolute atomic E-state index is 0.232. The molecule has 0 rings (SSSR count). The summed E-state index contributed by atoms with van der Waals surface area (Å²) in [4.78, 5) is 22.7. The molecule has 0 aliphatic rings. The molecule has 0 saturated carbocycles. The lowest BCUT2D eigenvalue weighted by Gasteiger charge is -2.17. The zero-order valence-electron chi connectivity index (χ0n) is 18.3. The van der Waals surface area contributed by atoms with Gasteiger partial charge in [0.05, 0.1) is 18.3 Å². The Bertz CT molecular complexity index is 430. The number of hydrogen-bond donors (Lipinski definition) is 5.